The fourth-order valence-electron chi connectivity index (χ4n) is 2.58. The van der Waals surface area contributed by atoms with E-state index in [4.69, 9.17) is 4.74 Å². The number of rotatable bonds is 8. The summed E-state index contributed by atoms with van der Waals surface area (Å²) in [7, 11) is 1.68. The molecule has 2 aromatic carbocycles. The predicted molar refractivity (Wildman–Crippen MR) is 134 cm³/mol. The van der Waals surface area contributed by atoms with Gasteiger partial charge in [-0.1, -0.05) is 24.3 Å². The number of halogens is 2. The number of carbonyl (C=O) groups is 1. The van der Waals surface area contributed by atoms with Crippen molar-refractivity contribution in [2.45, 2.75) is 39.5 Å². The Morgan fingerprint density at radius 3 is 2.35 bits per heavy atom. The molecule has 0 aliphatic rings. The van der Waals surface area contributed by atoms with E-state index in [2.05, 4.69) is 26.3 Å². The molecule has 0 aliphatic carbocycles. The van der Waals surface area contributed by atoms with Crippen LogP contribution in [-0.2, 0) is 6.54 Å². The van der Waals surface area contributed by atoms with Crippen LogP contribution in [0.1, 0.15) is 26.3 Å². The van der Waals surface area contributed by atoms with Crippen LogP contribution in [0.5, 0.6) is 5.75 Å². The molecular weight excluding hydrogens is 512 g/mol. The second-order valence-electron chi connectivity index (χ2n) is 7.12. The van der Waals surface area contributed by atoms with Crippen molar-refractivity contribution in [2.24, 2.45) is 4.99 Å². The Morgan fingerprint density at radius 1 is 1.06 bits per heavy atom. The number of nitrogens with zero attached hydrogens (tertiary/aromatic N) is 1. The molecule has 0 aliphatic heterocycles. The Labute approximate surface area is 200 Å². The van der Waals surface area contributed by atoms with E-state index in [0.29, 0.717) is 19.0 Å². The molecule has 0 saturated carbocycles. The predicted octanol–water partition coefficient (Wildman–Crippen LogP) is 4.11. The molecule has 7 nitrogen and oxygen atoms in total. The first kappa shape index (κ1) is 26.5. The van der Waals surface area contributed by atoms with E-state index >= 15 is 0 Å². The van der Waals surface area contributed by atoms with E-state index in [0.717, 1.165) is 11.3 Å². The highest BCUT2D eigenvalue weighted by Gasteiger charge is 2.09. The van der Waals surface area contributed by atoms with Crippen LogP contribution < -0.4 is 26.0 Å². The zero-order valence-corrected chi connectivity index (χ0v) is 20.6. The van der Waals surface area contributed by atoms with Gasteiger partial charge in [0.15, 0.2) is 17.5 Å². The number of ether oxygens (including phenoxy) is 1. The molecule has 0 spiro atoms. The van der Waals surface area contributed by atoms with Gasteiger partial charge in [0.2, 0.25) is 0 Å². The smallest absolute Gasteiger partial charge is 0.319 e. The van der Waals surface area contributed by atoms with E-state index in [-0.39, 0.29) is 53.7 Å². The first-order valence-electron chi connectivity index (χ1n) is 9.89. The number of carbonyl (C=O) groups excluding carboxylic acids is 1. The Balaban J connectivity index is 0.00000480. The van der Waals surface area contributed by atoms with Gasteiger partial charge in [-0.25, -0.2) is 9.18 Å². The van der Waals surface area contributed by atoms with E-state index in [1.807, 2.05) is 45.0 Å². The summed E-state index contributed by atoms with van der Waals surface area (Å²) in [5.41, 5.74) is 1.75. The molecule has 1 atom stereocenters. The number of anilines is 1. The summed E-state index contributed by atoms with van der Waals surface area (Å²) in [6, 6.07) is 13.7. The van der Waals surface area contributed by atoms with Gasteiger partial charge in [0, 0.05) is 25.3 Å². The monoisotopic (exact) mass is 543 g/mol. The third-order valence-electron chi connectivity index (χ3n) is 4.04. The molecule has 2 aromatic rings. The van der Waals surface area contributed by atoms with Crippen molar-refractivity contribution in [1.29, 1.82) is 0 Å². The maximum Gasteiger partial charge on any atom is 0.319 e. The molecule has 170 valence electrons. The normalized spacial score (nSPS) is 11.9. The van der Waals surface area contributed by atoms with Crippen molar-refractivity contribution < 1.29 is 13.9 Å². The number of aliphatic imine (C=N–C) groups is 1. The number of nitrogens with one attached hydrogen (secondary N) is 4. The van der Waals surface area contributed by atoms with Crippen LogP contribution in [-0.4, -0.2) is 37.7 Å². The number of hydrogen-bond acceptors (Lipinski definition) is 3. The molecule has 0 radical (unpaired) electrons. The standard InChI is InChI=1S/C22H30FN5O2.HI/c1-15(2)27-22(29)28-18-11-9-17(10-12-18)14-26-21(24-4)25-13-16(3)30-20-8-6-5-7-19(20)23;/h5-12,15-16H,13-14H2,1-4H3,(H2,24,25,26)(H2,27,28,29);1H. The molecule has 4 N–H and O–H groups in total. The van der Waals surface area contributed by atoms with E-state index in [1.54, 1.807) is 25.2 Å². The Morgan fingerprint density at radius 2 is 1.74 bits per heavy atom. The van der Waals surface area contributed by atoms with Crippen molar-refractivity contribution in [3.63, 3.8) is 0 Å². The highest BCUT2D eigenvalue weighted by Crippen LogP contribution is 2.16. The Kier molecular flexibility index (Phi) is 11.7. The van der Waals surface area contributed by atoms with E-state index in [1.165, 1.54) is 6.07 Å². The van der Waals surface area contributed by atoms with Crippen molar-refractivity contribution in [3.8, 4) is 5.75 Å². The molecule has 0 fully saturated rings. The van der Waals surface area contributed by atoms with Crippen LogP contribution >= 0.6 is 24.0 Å². The molecule has 0 saturated heterocycles. The third kappa shape index (κ3) is 9.86. The van der Waals surface area contributed by atoms with E-state index in [9.17, 15) is 9.18 Å². The van der Waals surface area contributed by atoms with Gasteiger partial charge in [-0.3, -0.25) is 4.99 Å². The van der Waals surface area contributed by atoms with Gasteiger partial charge in [0.1, 0.15) is 6.10 Å². The minimum atomic E-state index is -0.383. The molecule has 0 bridgehead atoms. The summed E-state index contributed by atoms with van der Waals surface area (Å²) in [5, 5.41) is 11.9. The van der Waals surface area contributed by atoms with Gasteiger partial charge in [-0.2, -0.15) is 0 Å². The zero-order valence-electron chi connectivity index (χ0n) is 18.2. The number of benzene rings is 2. The molecule has 1 unspecified atom stereocenters. The van der Waals surface area contributed by atoms with Gasteiger partial charge in [-0.05, 0) is 50.6 Å². The average Bonchev–Trinajstić information content (AvgIpc) is 2.70. The minimum Gasteiger partial charge on any atom is -0.486 e. The van der Waals surface area contributed by atoms with Crippen LogP contribution in [0.25, 0.3) is 0 Å². The molecule has 31 heavy (non-hydrogen) atoms. The first-order valence-corrected chi connectivity index (χ1v) is 9.89. The third-order valence-corrected chi connectivity index (χ3v) is 4.04. The summed E-state index contributed by atoms with van der Waals surface area (Å²) in [4.78, 5) is 15.9. The van der Waals surface area contributed by atoms with E-state index < -0.39 is 0 Å². The summed E-state index contributed by atoms with van der Waals surface area (Å²) in [6.07, 6.45) is -0.247. The van der Waals surface area contributed by atoms with Crippen molar-refractivity contribution in [2.75, 3.05) is 18.9 Å². The van der Waals surface area contributed by atoms with Crippen LogP contribution in [0.2, 0.25) is 0 Å². The molecule has 2 amide bonds. The van der Waals surface area contributed by atoms with Crippen LogP contribution in [0.4, 0.5) is 14.9 Å². The number of amides is 2. The highest BCUT2D eigenvalue weighted by atomic mass is 127. The van der Waals surface area contributed by atoms with Crippen molar-refractivity contribution in [1.82, 2.24) is 16.0 Å². The SMILES string of the molecule is CN=C(NCc1ccc(NC(=O)NC(C)C)cc1)NCC(C)Oc1ccccc1F.I. The number of guanidine groups is 1. The van der Waals surface area contributed by atoms with Crippen LogP contribution in [0.15, 0.2) is 53.5 Å². The van der Waals surface area contributed by atoms with Gasteiger partial charge < -0.3 is 26.0 Å². The second kappa shape index (κ2) is 13.7. The lowest BCUT2D eigenvalue weighted by atomic mass is 10.2. The highest BCUT2D eigenvalue weighted by molar-refractivity contribution is 14.0. The molecule has 9 heteroatoms. The lowest BCUT2D eigenvalue weighted by molar-refractivity contribution is 0.214. The maximum atomic E-state index is 13.7. The molecule has 2 rings (SSSR count). The van der Waals surface area contributed by atoms with Gasteiger partial charge in [0.05, 0.1) is 6.54 Å². The maximum absolute atomic E-state index is 13.7. The molecule has 0 heterocycles. The average molecular weight is 543 g/mol. The fraction of sp³-hybridized carbons (Fsp3) is 0.364. The molecular formula is C22H31FIN5O2. The summed E-state index contributed by atoms with van der Waals surface area (Å²) in [5.74, 6) is 0.453. The zero-order chi connectivity index (χ0) is 21.9. The second-order valence-corrected chi connectivity index (χ2v) is 7.12. The summed E-state index contributed by atoms with van der Waals surface area (Å²) >= 11 is 0. The topological polar surface area (TPSA) is 86.8 Å². The minimum absolute atomic E-state index is 0. The first-order chi connectivity index (χ1) is 14.4. The quantitative estimate of drug-likeness (QED) is 0.230. The van der Waals surface area contributed by atoms with Crippen LogP contribution in [0, 0.1) is 5.82 Å². The molecule has 0 aromatic heterocycles. The lowest BCUT2D eigenvalue weighted by Crippen LogP contribution is -2.41. The Hall–Kier alpha value is -2.56. The largest absolute Gasteiger partial charge is 0.486 e. The van der Waals surface area contributed by atoms with Crippen molar-refractivity contribution >= 4 is 41.7 Å². The number of hydrogen-bond donors (Lipinski definition) is 4. The summed E-state index contributed by atoms with van der Waals surface area (Å²) in [6.45, 7) is 6.68. The van der Waals surface area contributed by atoms with Gasteiger partial charge in [0.25, 0.3) is 0 Å². The summed E-state index contributed by atoms with van der Waals surface area (Å²) < 4.78 is 19.3. The van der Waals surface area contributed by atoms with Gasteiger partial charge >= 0.3 is 6.03 Å². The number of para-hydroxylation sites is 1. The van der Waals surface area contributed by atoms with Gasteiger partial charge in [-0.15, -0.1) is 24.0 Å². The number of urea groups is 1. The van der Waals surface area contributed by atoms with Crippen LogP contribution in [0.3, 0.4) is 0 Å². The Bertz CT molecular complexity index is 846. The lowest BCUT2D eigenvalue weighted by Gasteiger charge is -2.18. The fourth-order valence-corrected chi connectivity index (χ4v) is 2.58. The van der Waals surface area contributed by atoms with Crippen molar-refractivity contribution in [3.05, 3.63) is 59.9 Å².